The van der Waals surface area contributed by atoms with Crippen LogP contribution in [0.2, 0.25) is 0 Å². The molecule has 0 spiro atoms. The summed E-state index contributed by atoms with van der Waals surface area (Å²) in [5.74, 6) is 0.914. The van der Waals surface area contributed by atoms with Gasteiger partial charge in [0.25, 0.3) is 0 Å². The van der Waals surface area contributed by atoms with E-state index in [9.17, 15) is 0 Å². The average Bonchev–Trinajstić information content (AvgIpc) is 2.50. The highest BCUT2D eigenvalue weighted by molar-refractivity contribution is 5.84. The van der Waals surface area contributed by atoms with E-state index in [0.29, 0.717) is 6.04 Å². The Morgan fingerprint density at radius 1 is 1.05 bits per heavy atom. The molecule has 2 heteroatoms. The number of ether oxygens (including phenoxy) is 1. The summed E-state index contributed by atoms with van der Waals surface area (Å²) in [5.41, 5.74) is 1.34. The van der Waals surface area contributed by atoms with Gasteiger partial charge in [0, 0.05) is 12.6 Å². The largest absolute Gasteiger partial charge is 0.497 e. The SMILES string of the molecule is CCCC(CC)NCc1ccc2cc(OC)ccc2c1. The first kappa shape index (κ1) is 14.9. The Hall–Kier alpha value is -1.54. The van der Waals surface area contributed by atoms with Crippen molar-refractivity contribution in [2.24, 2.45) is 0 Å². The Morgan fingerprint density at radius 3 is 2.50 bits per heavy atom. The minimum absolute atomic E-state index is 0.631. The van der Waals surface area contributed by atoms with E-state index in [1.165, 1.54) is 35.6 Å². The molecule has 0 aliphatic carbocycles. The molecule has 108 valence electrons. The third kappa shape index (κ3) is 3.73. The van der Waals surface area contributed by atoms with Crippen molar-refractivity contribution in [1.29, 1.82) is 0 Å². The predicted octanol–water partition coefficient (Wildman–Crippen LogP) is 4.52. The van der Waals surface area contributed by atoms with Crippen molar-refractivity contribution < 1.29 is 4.74 Å². The van der Waals surface area contributed by atoms with Gasteiger partial charge in [-0.05, 0) is 47.4 Å². The standard InChI is InChI=1S/C18H25NO/c1-4-6-17(5-2)19-13-14-7-8-16-12-18(20-3)10-9-15(16)11-14/h7-12,17,19H,4-6,13H2,1-3H3. The molecule has 0 bridgehead atoms. The molecule has 0 aliphatic rings. The zero-order valence-corrected chi connectivity index (χ0v) is 12.8. The lowest BCUT2D eigenvalue weighted by Crippen LogP contribution is -2.27. The van der Waals surface area contributed by atoms with Crippen LogP contribution in [0.25, 0.3) is 10.8 Å². The van der Waals surface area contributed by atoms with Crippen LogP contribution < -0.4 is 10.1 Å². The van der Waals surface area contributed by atoms with Crippen LogP contribution in [0.5, 0.6) is 5.75 Å². The van der Waals surface area contributed by atoms with Crippen molar-refractivity contribution in [3.63, 3.8) is 0 Å². The molecular formula is C18H25NO. The fraction of sp³-hybridized carbons (Fsp3) is 0.444. The van der Waals surface area contributed by atoms with Crippen LogP contribution in [0.15, 0.2) is 36.4 Å². The summed E-state index contributed by atoms with van der Waals surface area (Å²) in [4.78, 5) is 0. The Labute approximate surface area is 122 Å². The van der Waals surface area contributed by atoms with Gasteiger partial charge in [-0.2, -0.15) is 0 Å². The minimum atomic E-state index is 0.631. The molecule has 2 aromatic rings. The van der Waals surface area contributed by atoms with Crippen LogP contribution in [0.1, 0.15) is 38.7 Å². The molecule has 0 amide bonds. The molecule has 2 rings (SSSR count). The number of rotatable bonds is 7. The van der Waals surface area contributed by atoms with Gasteiger partial charge < -0.3 is 10.1 Å². The first-order chi connectivity index (χ1) is 9.76. The van der Waals surface area contributed by atoms with E-state index in [1.807, 2.05) is 6.07 Å². The van der Waals surface area contributed by atoms with Gasteiger partial charge >= 0.3 is 0 Å². The molecule has 2 aromatic carbocycles. The molecule has 0 fully saturated rings. The Kier molecular flexibility index (Phi) is 5.42. The Bertz CT molecular complexity index is 550. The molecule has 0 saturated carbocycles. The predicted molar refractivity (Wildman–Crippen MR) is 86.3 cm³/mol. The molecule has 0 aliphatic heterocycles. The zero-order valence-electron chi connectivity index (χ0n) is 12.8. The van der Waals surface area contributed by atoms with Gasteiger partial charge in [0.2, 0.25) is 0 Å². The third-order valence-electron chi connectivity index (χ3n) is 3.84. The van der Waals surface area contributed by atoms with Crippen molar-refractivity contribution in [1.82, 2.24) is 5.32 Å². The molecular weight excluding hydrogens is 246 g/mol. The highest BCUT2D eigenvalue weighted by atomic mass is 16.5. The number of benzene rings is 2. The first-order valence-corrected chi connectivity index (χ1v) is 7.56. The van der Waals surface area contributed by atoms with E-state index in [1.54, 1.807) is 7.11 Å². The molecule has 1 N–H and O–H groups in total. The van der Waals surface area contributed by atoms with Crippen LogP contribution in [-0.2, 0) is 6.54 Å². The van der Waals surface area contributed by atoms with E-state index in [-0.39, 0.29) is 0 Å². The topological polar surface area (TPSA) is 21.3 Å². The van der Waals surface area contributed by atoms with Gasteiger partial charge in [-0.25, -0.2) is 0 Å². The van der Waals surface area contributed by atoms with Crippen LogP contribution >= 0.6 is 0 Å². The maximum Gasteiger partial charge on any atom is 0.119 e. The molecule has 0 heterocycles. The van der Waals surface area contributed by atoms with Crippen LogP contribution in [0, 0.1) is 0 Å². The minimum Gasteiger partial charge on any atom is -0.497 e. The summed E-state index contributed by atoms with van der Waals surface area (Å²) < 4.78 is 5.26. The summed E-state index contributed by atoms with van der Waals surface area (Å²) in [7, 11) is 1.71. The quantitative estimate of drug-likeness (QED) is 0.799. The summed E-state index contributed by atoms with van der Waals surface area (Å²) in [6.07, 6.45) is 3.68. The fourth-order valence-corrected chi connectivity index (χ4v) is 2.57. The number of hydrogen-bond donors (Lipinski definition) is 1. The highest BCUT2D eigenvalue weighted by Crippen LogP contribution is 2.22. The zero-order chi connectivity index (χ0) is 14.4. The molecule has 0 saturated heterocycles. The lowest BCUT2D eigenvalue weighted by atomic mass is 10.1. The number of fused-ring (bicyclic) bond motifs is 1. The summed E-state index contributed by atoms with van der Waals surface area (Å²) >= 11 is 0. The highest BCUT2D eigenvalue weighted by Gasteiger charge is 2.04. The van der Waals surface area contributed by atoms with E-state index in [2.05, 4.69) is 49.5 Å². The molecule has 1 atom stereocenters. The van der Waals surface area contributed by atoms with Gasteiger partial charge in [0.05, 0.1) is 7.11 Å². The second kappa shape index (κ2) is 7.30. The maximum atomic E-state index is 5.26. The van der Waals surface area contributed by atoms with Crippen LogP contribution in [0.4, 0.5) is 0 Å². The number of methoxy groups -OCH3 is 1. The normalized spacial score (nSPS) is 12.6. The van der Waals surface area contributed by atoms with Gasteiger partial charge in [0.15, 0.2) is 0 Å². The summed E-state index contributed by atoms with van der Waals surface area (Å²) in [6, 6.07) is 13.5. The van der Waals surface area contributed by atoms with Crippen molar-refractivity contribution in [2.75, 3.05) is 7.11 Å². The van der Waals surface area contributed by atoms with E-state index in [0.717, 1.165) is 12.3 Å². The van der Waals surface area contributed by atoms with Crippen molar-refractivity contribution in [3.05, 3.63) is 42.0 Å². The van der Waals surface area contributed by atoms with Gasteiger partial charge in [-0.1, -0.05) is 38.5 Å². The smallest absolute Gasteiger partial charge is 0.119 e. The Balaban J connectivity index is 2.08. The van der Waals surface area contributed by atoms with Crippen molar-refractivity contribution in [3.8, 4) is 5.75 Å². The maximum absolute atomic E-state index is 5.26. The molecule has 20 heavy (non-hydrogen) atoms. The monoisotopic (exact) mass is 271 g/mol. The molecule has 1 unspecified atom stereocenters. The average molecular weight is 271 g/mol. The Morgan fingerprint density at radius 2 is 1.80 bits per heavy atom. The van der Waals surface area contributed by atoms with E-state index < -0.39 is 0 Å². The third-order valence-corrected chi connectivity index (χ3v) is 3.84. The van der Waals surface area contributed by atoms with E-state index in [4.69, 9.17) is 4.74 Å². The van der Waals surface area contributed by atoms with Gasteiger partial charge in [0.1, 0.15) is 5.75 Å². The lowest BCUT2D eigenvalue weighted by Gasteiger charge is -2.16. The fourth-order valence-electron chi connectivity index (χ4n) is 2.57. The molecule has 0 aromatic heterocycles. The van der Waals surface area contributed by atoms with E-state index >= 15 is 0 Å². The van der Waals surface area contributed by atoms with Crippen molar-refractivity contribution >= 4 is 10.8 Å². The number of nitrogens with one attached hydrogen (secondary N) is 1. The van der Waals surface area contributed by atoms with Crippen molar-refractivity contribution in [2.45, 2.75) is 45.7 Å². The van der Waals surface area contributed by atoms with Crippen LogP contribution in [0.3, 0.4) is 0 Å². The van der Waals surface area contributed by atoms with Crippen LogP contribution in [-0.4, -0.2) is 13.2 Å². The summed E-state index contributed by atoms with van der Waals surface area (Å²) in [5, 5.41) is 6.15. The van der Waals surface area contributed by atoms with Gasteiger partial charge in [-0.3, -0.25) is 0 Å². The molecule has 2 nitrogen and oxygen atoms in total. The number of hydrogen-bond acceptors (Lipinski definition) is 2. The summed E-state index contributed by atoms with van der Waals surface area (Å²) in [6.45, 7) is 5.44. The van der Waals surface area contributed by atoms with Gasteiger partial charge in [-0.15, -0.1) is 0 Å². The second-order valence-electron chi connectivity index (χ2n) is 5.32. The first-order valence-electron chi connectivity index (χ1n) is 7.56. The molecule has 0 radical (unpaired) electrons. The lowest BCUT2D eigenvalue weighted by molar-refractivity contribution is 0.415. The second-order valence-corrected chi connectivity index (χ2v) is 5.32.